The van der Waals surface area contributed by atoms with E-state index in [0.717, 1.165) is 0 Å². The summed E-state index contributed by atoms with van der Waals surface area (Å²) >= 11 is 0. The molecule has 0 aromatic carbocycles. The molecular formula is C22H40O10. The zero-order valence-corrected chi connectivity index (χ0v) is 20.0. The van der Waals surface area contributed by atoms with Crippen LogP contribution in [0.3, 0.4) is 0 Å². The van der Waals surface area contributed by atoms with E-state index in [1.807, 2.05) is 0 Å². The summed E-state index contributed by atoms with van der Waals surface area (Å²) in [5.41, 5.74) is -0.142. The van der Waals surface area contributed by atoms with E-state index in [0.29, 0.717) is 78.2 Å². The van der Waals surface area contributed by atoms with Crippen molar-refractivity contribution in [1.82, 2.24) is 0 Å². The zero-order valence-electron chi connectivity index (χ0n) is 20.0. The predicted molar refractivity (Wildman–Crippen MR) is 117 cm³/mol. The van der Waals surface area contributed by atoms with Gasteiger partial charge in [0.1, 0.15) is 18.8 Å². The number of carbonyl (C=O) groups excluding carboxylic acids is 2. The summed E-state index contributed by atoms with van der Waals surface area (Å²) in [7, 11) is 0. The third-order valence-electron chi connectivity index (χ3n) is 3.31. The van der Waals surface area contributed by atoms with Gasteiger partial charge in [0, 0.05) is 5.57 Å². The minimum absolute atomic E-state index is 0.0851. The molecule has 0 aromatic heterocycles. The van der Waals surface area contributed by atoms with Crippen LogP contribution in [0.5, 0.6) is 0 Å². The lowest BCUT2D eigenvalue weighted by Crippen LogP contribution is -2.27. The van der Waals surface area contributed by atoms with Gasteiger partial charge in [-0.2, -0.15) is 0 Å². The molecule has 0 atom stereocenters. The van der Waals surface area contributed by atoms with Crippen LogP contribution in [0.4, 0.5) is 0 Å². The summed E-state index contributed by atoms with van der Waals surface area (Å²) in [5.74, 6) is -0.807. The van der Waals surface area contributed by atoms with E-state index in [2.05, 4.69) is 6.58 Å². The number of hydrogen-bond acceptors (Lipinski definition) is 10. The van der Waals surface area contributed by atoms with Crippen LogP contribution in [0.25, 0.3) is 0 Å². The lowest BCUT2D eigenvalue weighted by molar-refractivity contribution is -0.160. The smallest absolute Gasteiger partial charge is 0.333 e. The first-order valence-electron chi connectivity index (χ1n) is 10.7. The fourth-order valence-corrected chi connectivity index (χ4v) is 1.94. The molecule has 0 unspecified atom stereocenters. The Kier molecular flexibility index (Phi) is 19.1. The van der Waals surface area contributed by atoms with Crippen molar-refractivity contribution in [2.24, 2.45) is 0 Å². The molecule has 0 aromatic rings. The summed E-state index contributed by atoms with van der Waals surface area (Å²) in [6.45, 7) is 15.2. The van der Waals surface area contributed by atoms with Crippen molar-refractivity contribution in [3.63, 3.8) is 0 Å². The van der Waals surface area contributed by atoms with Crippen LogP contribution >= 0.6 is 0 Å². The highest BCUT2D eigenvalue weighted by atomic mass is 16.6. The lowest BCUT2D eigenvalue weighted by Gasteiger charge is -2.19. The van der Waals surface area contributed by atoms with Gasteiger partial charge in [-0.1, -0.05) is 6.58 Å². The highest BCUT2D eigenvalue weighted by molar-refractivity contribution is 5.86. The largest absolute Gasteiger partial charge is 0.460 e. The first-order valence-corrected chi connectivity index (χ1v) is 10.7. The Hall–Kier alpha value is -1.56. The predicted octanol–water partition coefficient (Wildman–Crippen LogP) is 1.55. The van der Waals surface area contributed by atoms with Gasteiger partial charge in [0.15, 0.2) is 0 Å². The fraction of sp³-hybridized carbons (Fsp3) is 0.818. The molecule has 0 saturated heterocycles. The molecule has 0 aliphatic rings. The number of hydrogen-bond donors (Lipinski definition) is 0. The average molecular weight is 465 g/mol. The fourth-order valence-electron chi connectivity index (χ4n) is 1.94. The third kappa shape index (κ3) is 23.1. The number of carbonyl (C=O) groups is 2. The van der Waals surface area contributed by atoms with E-state index in [-0.39, 0.29) is 13.2 Å². The molecule has 0 bridgehead atoms. The van der Waals surface area contributed by atoms with Crippen molar-refractivity contribution < 1.29 is 47.5 Å². The van der Waals surface area contributed by atoms with E-state index in [4.69, 9.17) is 37.9 Å². The number of ether oxygens (including phenoxy) is 8. The maximum absolute atomic E-state index is 11.4. The van der Waals surface area contributed by atoms with Crippen molar-refractivity contribution in [2.45, 2.75) is 33.3 Å². The molecule has 0 aliphatic carbocycles. The zero-order chi connectivity index (χ0) is 24.1. The maximum atomic E-state index is 11.4. The van der Waals surface area contributed by atoms with Crippen molar-refractivity contribution in [2.75, 3.05) is 85.9 Å². The minimum Gasteiger partial charge on any atom is -0.460 e. The van der Waals surface area contributed by atoms with E-state index >= 15 is 0 Å². The summed E-state index contributed by atoms with van der Waals surface area (Å²) in [6, 6.07) is 0. The van der Waals surface area contributed by atoms with Gasteiger partial charge >= 0.3 is 11.9 Å². The van der Waals surface area contributed by atoms with Crippen molar-refractivity contribution in [3.8, 4) is 0 Å². The second-order valence-electron chi connectivity index (χ2n) is 7.62. The van der Waals surface area contributed by atoms with Crippen LogP contribution in [-0.2, 0) is 47.5 Å². The molecule has 0 spiro atoms. The molecule has 10 heteroatoms. The Morgan fingerprint density at radius 1 is 0.625 bits per heavy atom. The summed E-state index contributed by atoms with van der Waals surface area (Å²) < 4.78 is 41.9. The molecule has 0 fully saturated rings. The molecule has 0 rings (SSSR count). The summed E-state index contributed by atoms with van der Waals surface area (Å²) in [4.78, 5) is 22.6. The monoisotopic (exact) mass is 464 g/mol. The van der Waals surface area contributed by atoms with Gasteiger partial charge in [-0.25, -0.2) is 9.59 Å². The van der Waals surface area contributed by atoms with Crippen LogP contribution in [0.15, 0.2) is 12.2 Å². The van der Waals surface area contributed by atoms with Gasteiger partial charge in [-0.15, -0.1) is 0 Å². The summed E-state index contributed by atoms with van der Waals surface area (Å²) in [5, 5.41) is 0. The molecule has 0 aliphatic heterocycles. The normalized spacial score (nSPS) is 11.4. The first-order chi connectivity index (χ1) is 15.2. The van der Waals surface area contributed by atoms with E-state index < -0.39 is 17.5 Å². The molecule has 0 N–H and O–H groups in total. The molecule has 0 radical (unpaired) electrons. The highest BCUT2D eigenvalue weighted by Crippen LogP contribution is 2.06. The van der Waals surface area contributed by atoms with Gasteiger partial charge < -0.3 is 37.9 Å². The Morgan fingerprint density at radius 3 is 1.31 bits per heavy atom. The SMILES string of the molecule is C=C(C)C(=O)OCCOCCOCCOCCOCCOCCOCC(=O)OC(C)(C)C. The van der Waals surface area contributed by atoms with E-state index in [1.54, 1.807) is 27.7 Å². The molecular weight excluding hydrogens is 424 g/mol. The minimum atomic E-state index is -0.509. The number of rotatable bonds is 21. The lowest BCUT2D eigenvalue weighted by atomic mass is 10.2. The standard InChI is InChI=1S/C22H40O10/c1-19(2)21(24)31-17-16-29-13-12-27-9-8-25-6-7-26-10-11-28-14-15-30-18-20(23)32-22(3,4)5/h1,6-18H2,2-5H3. The molecule has 0 amide bonds. The molecule has 32 heavy (non-hydrogen) atoms. The molecule has 0 saturated carbocycles. The van der Waals surface area contributed by atoms with Gasteiger partial charge in [0.25, 0.3) is 0 Å². The van der Waals surface area contributed by atoms with Crippen molar-refractivity contribution >= 4 is 11.9 Å². The second kappa shape index (κ2) is 20.1. The van der Waals surface area contributed by atoms with Crippen molar-refractivity contribution in [3.05, 3.63) is 12.2 Å². The quantitative estimate of drug-likeness (QED) is 0.141. The Bertz CT molecular complexity index is 501. The van der Waals surface area contributed by atoms with Crippen LogP contribution in [-0.4, -0.2) is 103 Å². The van der Waals surface area contributed by atoms with E-state index in [9.17, 15) is 9.59 Å². The van der Waals surface area contributed by atoms with Crippen LogP contribution in [0.1, 0.15) is 27.7 Å². The molecule has 0 heterocycles. The Morgan fingerprint density at radius 2 is 0.969 bits per heavy atom. The van der Waals surface area contributed by atoms with Crippen LogP contribution < -0.4 is 0 Å². The Labute approximate surface area is 191 Å². The van der Waals surface area contributed by atoms with Gasteiger partial charge in [0.2, 0.25) is 0 Å². The third-order valence-corrected chi connectivity index (χ3v) is 3.31. The van der Waals surface area contributed by atoms with Gasteiger partial charge in [0.05, 0.1) is 72.7 Å². The average Bonchev–Trinajstić information content (AvgIpc) is 2.70. The topological polar surface area (TPSA) is 108 Å². The second-order valence-corrected chi connectivity index (χ2v) is 7.62. The van der Waals surface area contributed by atoms with Crippen molar-refractivity contribution in [1.29, 1.82) is 0 Å². The maximum Gasteiger partial charge on any atom is 0.333 e. The number of esters is 2. The van der Waals surface area contributed by atoms with Crippen LogP contribution in [0.2, 0.25) is 0 Å². The summed E-state index contributed by atoms with van der Waals surface area (Å²) in [6.07, 6.45) is 0. The van der Waals surface area contributed by atoms with Crippen LogP contribution in [0, 0.1) is 0 Å². The molecule has 10 nitrogen and oxygen atoms in total. The molecule has 188 valence electrons. The van der Waals surface area contributed by atoms with Gasteiger partial charge in [-0.05, 0) is 27.7 Å². The Balaban J connectivity index is 3.17. The highest BCUT2D eigenvalue weighted by Gasteiger charge is 2.15. The van der Waals surface area contributed by atoms with Gasteiger partial charge in [-0.3, -0.25) is 0 Å². The first kappa shape index (κ1) is 30.4. The van der Waals surface area contributed by atoms with E-state index in [1.165, 1.54) is 0 Å².